The fourth-order valence-electron chi connectivity index (χ4n) is 2.04. The van der Waals surface area contributed by atoms with Gasteiger partial charge in [-0.3, -0.25) is 9.08 Å². The topological polar surface area (TPSA) is 60.0 Å². The molecule has 3 rings (SSSR count). The van der Waals surface area contributed by atoms with Gasteiger partial charge in [0.1, 0.15) is 0 Å². The first-order valence-electron chi connectivity index (χ1n) is 6.24. The zero-order valence-corrected chi connectivity index (χ0v) is 11.0. The van der Waals surface area contributed by atoms with Crippen molar-refractivity contribution in [1.82, 2.24) is 29.7 Å². The standard InChI is InChI=1S/C13H16N6/c1-10(11-7-15-18(2)9-11)14-8-13-17-16-12-5-3-4-6-19(12)13/h3-7,9-10,14H,8H2,1-2H3. The minimum absolute atomic E-state index is 0.227. The maximum absolute atomic E-state index is 4.20. The molecule has 0 aliphatic carbocycles. The molecule has 6 heteroatoms. The Hall–Kier alpha value is -2.21. The van der Waals surface area contributed by atoms with Crippen LogP contribution in [0, 0.1) is 0 Å². The van der Waals surface area contributed by atoms with E-state index in [2.05, 4.69) is 27.5 Å². The molecule has 0 aliphatic heterocycles. The number of rotatable bonds is 4. The highest BCUT2D eigenvalue weighted by molar-refractivity contribution is 5.36. The van der Waals surface area contributed by atoms with Crippen LogP contribution < -0.4 is 5.32 Å². The summed E-state index contributed by atoms with van der Waals surface area (Å²) in [6, 6.07) is 6.11. The lowest BCUT2D eigenvalue weighted by atomic mass is 10.2. The summed E-state index contributed by atoms with van der Waals surface area (Å²) < 4.78 is 3.79. The van der Waals surface area contributed by atoms with Crippen LogP contribution in [0.15, 0.2) is 36.8 Å². The quantitative estimate of drug-likeness (QED) is 0.764. The number of hydrogen-bond acceptors (Lipinski definition) is 4. The lowest BCUT2D eigenvalue weighted by Crippen LogP contribution is -2.19. The summed E-state index contributed by atoms with van der Waals surface area (Å²) in [6.45, 7) is 2.78. The Morgan fingerprint density at radius 3 is 3.00 bits per heavy atom. The molecule has 0 aromatic carbocycles. The van der Waals surface area contributed by atoms with Gasteiger partial charge >= 0.3 is 0 Å². The monoisotopic (exact) mass is 256 g/mol. The second-order valence-corrected chi connectivity index (χ2v) is 4.59. The fraction of sp³-hybridized carbons (Fsp3) is 0.308. The SMILES string of the molecule is CC(NCc1nnc2ccccn12)c1cnn(C)c1. The van der Waals surface area contributed by atoms with Crippen molar-refractivity contribution in [3.05, 3.63) is 48.2 Å². The summed E-state index contributed by atoms with van der Waals surface area (Å²) in [5.41, 5.74) is 2.03. The zero-order chi connectivity index (χ0) is 13.2. The van der Waals surface area contributed by atoms with Gasteiger partial charge in [0.25, 0.3) is 0 Å². The molecule has 0 spiro atoms. The van der Waals surface area contributed by atoms with Crippen LogP contribution in [0.4, 0.5) is 0 Å². The van der Waals surface area contributed by atoms with Crippen molar-refractivity contribution in [2.45, 2.75) is 19.5 Å². The van der Waals surface area contributed by atoms with Gasteiger partial charge in [0.05, 0.1) is 12.7 Å². The molecular formula is C13H16N6. The molecule has 6 nitrogen and oxygen atoms in total. The highest BCUT2D eigenvalue weighted by Gasteiger charge is 2.09. The highest BCUT2D eigenvalue weighted by Crippen LogP contribution is 2.11. The molecular weight excluding hydrogens is 240 g/mol. The molecule has 0 amide bonds. The maximum atomic E-state index is 4.20. The Bertz CT molecular complexity index is 683. The van der Waals surface area contributed by atoms with Crippen LogP contribution in [-0.4, -0.2) is 24.4 Å². The van der Waals surface area contributed by atoms with Gasteiger partial charge < -0.3 is 5.32 Å². The van der Waals surface area contributed by atoms with Crippen LogP contribution in [0.3, 0.4) is 0 Å². The summed E-state index contributed by atoms with van der Waals surface area (Å²) in [5.74, 6) is 0.909. The predicted octanol–water partition coefficient (Wildman–Crippen LogP) is 1.31. The maximum Gasteiger partial charge on any atom is 0.160 e. The third-order valence-corrected chi connectivity index (χ3v) is 3.18. The first-order valence-corrected chi connectivity index (χ1v) is 6.24. The van der Waals surface area contributed by atoms with Crippen LogP contribution in [0.2, 0.25) is 0 Å². The number of fused-ring (bicyclic) bond motifs is 1. The Morgan fingerprint density at radius 2 is 2.21 bits per heavy atom. The van der Waals surface area contributed by atoms with Crippen molar-refractivity contribution in [3.8, 4) is 0 Å². The Labute approximate surface area is 111 Å². The third-order valence-electron chi connectivity index (χ3n) is 3.18. The van der Waals surface area contributed by atoms with Gasteiger partial charge in [0, 0.05) is 31.0 Å². The number of hydrogen-bond donors (Lipinski definition) is 1. The van der Waals surface area contributed by atoms with E-state index in [1.54, 1.807) is 4.68 Å². The number of aryl methyl sites for hydroxylation is 1. The second-order valence-electron chi connectivity index (χ2n) is 4.59. The normalized spacial score (nSPS) is 12.9. The van der Waals surface area contributed by atoms with Crippen LogP contribution in [-0.2, 0) is 13.6 Å². The average Bonchev–Trinajstić information content (AvgIpc) is 3.02. The first-order chi connectivity index (χ1) is 9.24. The van der Waals surface area contributed by atoms with Gasteiger partial charge in [-0.05, 0) is 19.1 Å². The smallest absolute Gasteiger partial charge is 0.160 e. The average molecular weight is 256 g/mol. The molecule has 19 heavy (non-hydrogen) atoms. The number of pyridine rings is 1. The Balaban J connectivity index is 1.72. The van der Waals surface area contributed by atoms with Crippen LogP contribution in [0.25, 0.3) is 5.65 Å². The van der Waals surface area contributed by atoms with Crippen molar-refractivity contribution in [2.75, 3.05) is 0 Å². The summed E-state index contributed by atoms with van der Waals surface area (Å²) in [4.78, 5) is 0. The molecule has 0 bridgehead atoms. The van der Waals surface area contributed by atoms with E-state index in [1.807, 2.05) is 48.2 Å². The van der Waals surface area contributed by atoms with E-state index in [0.29, 0.717) is 6.54 Å². The van der Waals surface area contributed by atoms with E-state index in [4.69, 9.17) is 0 Å². The predicted molar refractivity (Wildman–Crippen MR) is 71.4 cm³/mol. The summed E-state index contributed by atoms with van der Waals surface area (Å²) in [7, 11) is 1.92. The minimum Gasteiger partial charge on any atom is -0.303 e. The van der Waals surface area contributed by atoms with E-state index in [9.17, 15) is 0 Å². The molecule has 1 N–H and O–H groups in total. The first kappa shape index (κ1) is 11.9. The largest absolute Gasteiger partial charge is 0.303 e. The van der Waals surface area contributed by atoms with Gasteiger partial charge in [-0.1, -0.05) is 6.07 Å². The van der Waals surface area contributed by atoms with Crippen molar-refractivity contribution in [3.63, 3.8) is 0 Å². The number of aromatic nitrogens is 5. The molecule has 3 aromatic heterocycles. The van der Waals surface area contributed by atoms with Crippen molar-refractivity contribution in [1.29, 1.82) is 0 Å². The zero-order valence-electron chi connectivity index (χ0n) is 11.0. The molecule has 98 valence electrons. The lowest BCUT2D eigenvalue weighted by molar-refractivity contribution is 0.556. The molecule has 0 fully saturated rings. The summed E-state index contributed by atoms with van der Waals surface area (Å²) in [6.07, 6.45) is 5.86. The molecule has 1 atom stereocenters. The molecule has 1 unspecified atom stereocenters. The van der Waals surface area contributed by atoms with Gasteiger partial charge in [0.2, 0.25) is 0 Å². The second kappa shape index (κ2) is 4.81. The van der Waals surface area contributed by atoms with Crippen LogP contribution in [0.1, 0.15) is 24.4 Å². The minimum atomic E-state index is 0.227. The molecule has 0 saturated heterocycles. The Morgan fingerprint density at radius 1 is 1.32 bits per heavy atom. The van der Waals surface area contributed by atoms with E-state index >= 15 is 0 Å². The molecule has 0 radical (unpaired) electrons. The van der Waals surface area contributed by atoms with Gasteiger partial charge in [-0.2, -0.15) is 5.10 Å². The molecule has 3 heterocycles. The van der Waals surface area contributed by atoms with E-state index in [1.165, 1.54) is 0 Å². The van der Waals surface area contributed by atoms with Crippen LogP contribution >= 0.6 is 0 Å². The lowest BCUT2D eigenvalue weighted by Gasteiger charge is -2.10. The van der Waals surface area contributed by atoms with Crippen molar-refractivity contribution >= 4 is 5.65 Å². The van der Waals surface area contributed by atoms with E-state index < -0.39 is 0 Å². The van der Waals surface area contributed by atoms with E-state index in [-0.39, 0.29) is 6.04 Å². The highest BCUT2D eigenvalue weighted by atomic mass is 15.3. The Kier molecular flexibility index (Phi) is 3.00. The van der Waals surface area contributed by atoms with Crippen LogP contribution in [0.5, 0.6) is 0 Å². The van der Waals surface area contributed by atoms with Gasteiger partial charge in [-0.25, -0.2) is 0 Å². The molecule has 3 aromatic rings. The van der Waals surface area contributed by atoms with Gasteiger partial charge in [-0.15, -0.1) is 10.2 Å². The molecule has 0 saturated carbocycles. The van der Waals surface area contributed by atoms with Crippen molar-refractivity contribution < 1.29 is 0 Å². The number of nitrogens with zero attached hydrogens (tertiary/aromatic N) is 5. The number of nitrogens with one attached hydrogen (secondary N) is 1. The van der Waals surface area contributed by atoms with Gasteiger partial charge in [0.15, 0.2) is 11.5 Å². The summed E-state index contributed by atoms with van der Waals surface area (Å²) >= 11 is 0. The molecule has 0 aliphatic rings. The summed E-state index contributed by atoms with van der Waals surface area (Å²) in [5, 5.41) is 15.9. The van der Waals surface area contributed by atoms with E-state index in [0.717, 1.165) is 17.0 Å². The fourth-order valence-corrected chi connectivity index (χ4v) is 2.04. The third kappa shape index (κ3) is 2.34. The van der Waals surface area contributed by atoms with Crippen molar-refractivity contribution in [2.24, 2.45) is 7.05 Å².